The molecule has 1 atom stereocenters. The van der Waals surface area contributed by atoms with Crippen molar-refractivity contribution in [3.05, 3.63) is 76.0 Å². The van der Waals surface area contributed by atoms with E-state index in [9.17, 15) is 14.9 Å². The fraction of sp³-hybridized carbons (Fsp3) is 0.250. The van der Waals surface area contributed by atoms with E-state index < -0.39 is 4.92 Å². The third kappa shape index (κ3) is 3.59. The summed E-state index contributed by atoms with van der Waals surface area (Å²) in [6.07, 6.45) is 2.98. The van der Waals surface area contributed by atoms with Crippen molar-refractivity contribution < 1.29 is 9.72 Å². The topological polar surface area (TPSA) is 79.2 Å². The van der Waals surface area contributed by atoms with E-state index in [1.165, 1.54) is 12.1 Å². The number of para-hydroxylation sites is 1. The molecule has 6 heteroatoms. The van der Waals surface area contributed by atoms with Gasteiger partial charge in [-0.1, -0.05) is 30.3 Å². The number of amides is 1. The number of carbonyl (C=O) groups is 1. The molecule has 0 fully saturated rings. The summed E-state index contributed by atoms with van der Waals surface area (Å²) < 4.78 is 0. The average molecular weight is 351 g/mol. The van der Waals surface area contributed by atoms with E-state index in [0.29, 0.717) is 12.8 Å². The number of benzene rings is 2. The van der Waals surface area contributed by atoms with Crippen LogP contribution in [-0.4, -0.2) is 27.8 Å². The first-order chi connectivity index (χ1) is 12.5. The molecule has 3 aromatic rings. The van der Waals surface area contributed by atoms with Crippen LogP contribution in [0.25, 0.3) is 10.9 Å². The van der Waals surface area contributed by atoms with Gasteiger partial charge in [-0.15, -0.1) is 0 Å². The molecule has 0 saturated heterocycles. The SMILES string of the molecule is C[C@H](c1cccc([N+](=O)[O-])c1)N(C)C(=O)CCc1c[nH]c2ccccc12. The van der Waals surface area contributed by atoms with Gasteiger partial charge in [0.25, 0.3) is 5.69 Å². The van der Waals surface area contributed by atoms with E-state index in [2.05, 4.69) is 4.98 Å². The largest absolute Gasteiger partial charge is 0.361 e. The van der Waals surface area contributed by atoms with E-state index in [1.807, 2.05) is 37.4 Å². The van der Waals surface area contributed by atoms with Crippen molar-refractivity contribution in [3.8, 4) is 0 Å². The Hall–Kier alpha value is -3.15. The molecule has 0 aliphatic rings. The fourth-order valence-electron chi connectivity index (χ4n) is 3.09. The lowest BCUT2D eigenvalue weighted by molar-refractivity contribution is -0.384. The maximum atomic E-state index is 12.6. The standard InChI is InChI=1S/C20H21N3O3/c1-14(15-6-5-7-17(12-15)23(25)26)22(2)20(24)11-10-16-13-21-19-9-4-3-8-18(16)19/h3-9,12-14,21H,10-11H2,1-2H3/t14-/m1/s1. The van der Waals surface area contributed by atoms with Crippen LogP contribution in [0.3, 0.4) is 0 Å². The summed E-state index contributed by atoms with van der Waals surface area (Å²) in [5.41, 5.74) is 2.97. The van der Waals surface area contributed by atoms with Gasteiger partial charge in [-0.25, -0.2) is 0 Å². The first kappa shape index (κ1) is 17.7. The Kier molecular flexibility index (Phi) is 5.02. The lowest BCUT2D eigenvalue weighted by atomic mass is 10.0. The van der Waals surface area contributed by atoms with Gasteiger partial charge in [-0.2, -0.15) is 0 Å². The van der Waals surface area contributed by atoms with Gasteiger partial charge in [0.15, 0.2) is 0 Å². The van der Waals surface area contributed by atoms with Gasteiger partial charge in [0.2, 0.25) is 5.91 Å². The monoisotopic (exact) mass is 351 g/mol. The minimum atomic E-state index is -0.422. The molecule has 2 aromatic carbocycles. The number of carbonyl (C=O) groups excluding carboxylic acids is 1. The number of hydrogen-bond acceptors (Lipinski definition) is 3. The smallest absolute Gasteiger partial charge is 0.269 e. The van der Waals surface area contributed by atoms with Crippen LogP contribution in [0.4, 0.5) is 5.69 Å². The number of hydrogen-bond donors (Lipinski definition) is 1. The second-order valence-corrected chi connectivity index (χ2v) is 6.39. The summed E-state index contributed by atoms with van der Waals surface area (Å²) in [7, 11) is 1.74. The Morgan fingerprint density at radius 2 is 2.00 bits per heavy atom. The molecule has 3 rings (SSSR count). The molecule has 0 radical (unpaired) electrons. The molecule has 6 nitrogen and oxygen atoms in total. The molecule has 1 N–H and O–H groups in total. The summed E-state index contributed by atoms with van der Waals surface area (Å²) in [6, 6.07) is 14.2. The van der Waals surface area contributed by atoms with Crippen LogP contribution in [0, 0.1) is 10.1 Å². The number of nitro groups is 1. The predicted octanol–water partition coefficient (Wildman–Crippen LogP) is 4.23. The molecule has 0 aliphatic carbocycles. The zero-order valence-corrected chi connectivity index (χ0v) is 14.8. The summed E-state index contributed by atoms with van der Waals surface area (Å²) in [5, 5.41) is 12.1. The molecule has 0 spiro atoms. The van der Waals surface area contributed by atoms with Crippen molar-refractivity contribution >= 4 is 22.5 Å². The normalized spacial score (nSPS) is 12.1. The van der Waals surface area contributed by atoms with Crippen LogP contribution in [0.2, 0.25) is 0 Å². The molecular weight excluding hydrogens is 330 g/mol. The molecule has 1 heterocycles. The summed E-state index contributed by atoms with van der Waals surface area (Å²) in [5.74, 6) is 0.00860. The number of rotatable bonds is 6. The Bertz CT molecular complexity index is 948. The number of non-ortho nitro benzene ring substituents is 1. The van der Waals surface area contributed by atoms with Gasteiger partial charge in [0, 0.05) is 42.7 Å². The van der Waals surface area contributed by atoms with Gasteiger partial charge < -0.3 is 9.88 Å². The highest BCUT2D eigenvalue weighted by Crippen LogP contribution is 2.24. The van der Waals surface area contributed by atoms with Crippen molar-refractivity contribution in [2.24, 2.45) is 0 Å². The first-order valence-electron chi connectivity index (χ1n) is 8.52. The lowest BCUT2D eigenvalue weighted by Crippen LogP contribution is -2.29. The highest BCUT2D eigenvalue weighted by Gasteiger charge is 2.19. The molecule has 0 bridgehead atoms. The second-order valence-electron chi connectivity index (χ2n) is 6.39. The maximum Gasteiger partial charge on any atom is 0.269 e. The van der Waals surface area contributed by atoms with Crippen LogP contribution in [0.15, 0.2) is 54.7 Å². The second kappa shape index (κ2) is 7.39. The summed E-state index contributed by atoms with van der Waals surface area (Å²) in [4.78, 5) is 28.0. The number of nitrogens with one attached hydrogen (secondary N) is 1. The van der Waals surface area contributed by atoms with Gasteiger partial charge in [0.1, 0.15) is 0 Å². The predicted molar refractivity (Wildman–Crippen MR) is 101 cm³/mol. The van der Waals surface area contributed by atoms with E-state index in [0.717, 1.165) is 22.0 Å². The third-order valence-electron chi connectivity index (χ3n) is 4.82. The van der Waals surface area contributed by atoms with Crippen molar-refractivity contribution in [2.45, 2.75) is 25.8 Å². The third-order valence-corrected chi connectivity index (χ3v) is 4.82. The Morgan fingerprint density at radius 1 is 1.23 bits per heavy atom. The summed E-state index contributed by atoms with van der Waals surface area (Å²) >= 11 is 0. The molecule has 1 aromatic heterocycles. The molecule has 0 aliphatic heterocycles. The molecule has 134 valence electrons. The highest BCUT2D eigenvalue weighted by molar-refractivity contribution is 5.84. The molecule has 0 saturated carbocycles. The number of fused-ring (bicyclic) bond motifs is 1. The Balaban J connectivity index is 1.67. The van der Waals surface area contributed by atoms with Crippen molar-refractivity contribution in [2.75, 3.05) is 7.05 Å². The van der Waals surface area contributed by atoms with Gasteiger partial charge >= 0.3 is 0 Å². The van der Waals surface area contributed by atoms with Crippen LogP contribution < -0.4 is 0 Å². The number of aromatic nitrogens is 1. The van der Waals surface area contributed by atoms with E-state index >= 15 is 0 Å². The van der Waals surface area contributed by atoms with Crippen molar-refractivity contribution in [1.29, 1.82) is 0 Å². The zero-order chi connectivity index (χ0) is 18.7. The van der Waals surface area contributed by atoms with Crippen LogP contribution in [-0.2, 0) is 11.2 Å². The molecule has 1 amide bonds. The highest BCUT2D eigenvalue weighted by atomic mass is 16.6. The van der Waals surface area contributed by atoms with Crippen molar-refractivity contribution in [1.82, 2.24) is 9.88 Å². The number of nitrogens with zero attached hydrogens (tertiary/aromatic N) is 2. The minimum absolute atomic E-state index is 0.00860. The van der Waals surface area contributed by atoms with Gasteiger partial charge in [-0.3, -0.25) is 14.9 Å². The number of H-pyrrole nitrogens is 1. The summed E-state index contributed by atoms with van der Waals surface area (Å²) in [6.45, 7) is 1.88. The lowest BCUT2D eigenvalue weighted by Gasteiger charge is -2.25. The van der Waals surface area contributed by atoms with Crippen LogP contribution >= 0.6 is 0 Å². The van der Waals surface area contributed by atoms with E-state index in [1.54, 1.807) is 24.1 Å². The van der Waals surface area contributed by atoms with Crippen LogP contribution in [0.5, 0.6) is 0 Å². The van der Waals surface area contributed by atoms with Crippen molar-refractivity contribution in [3.63, 3.8) is 0 Å². The van der Waals surface area contributed by atoms with Gasteiger partial charge in [0.05, 0.1) is 11.0 Å². The fourth-order valence-corrected chi connectivity index (χ4v) is 3.09. The first-order valence-corrected chi connectivity index (χ1v) is 8.52. The molecular formula is C20H21N3O3. The number of aromatic amines is 1. The number of aryl methyl sites for hydroxylation is 1. The Labute approximate surface area is 151 Å². The Morgan fingerprint density at radius 3 is 2.77 bits per heavy atom. The van der Waals surface area contributed by atoms with Crippen LogP contribution in [0.1, 0.15) is 30.5 Å². The van der Waals surface area contributed by atoms with Gasteiger partial charge in [-0.05, 0) is 30.5 Å². The maximum absolute atomic E-state index is 12.6. The minimum Gasteiger partial charge on any atom is -0.361 e. The quantitative estimate of drug-likeness (QED) is 0.533. The molecule has 26 heavy (non-hydrogen) atoms. The van der Waals surface area contributed by atoms with E-state index in [4.69, 9.17) is 0 Å². The zero-order valence-electron chi connectivity index (χ0n) is 14.8. The van der Waals surface area contributed by atoms with E-state index in [-0.39, 0.29) is 17.6 Å². The molecule has 0 unspecified atom stereocenters. The number of nitro benzene ring substituents is 1. The average Bonchev–Trinajstić information content (AvgIpc) is 3.08.